The average Bonchev–Trinajstić information content (AvgIpc) is 3.67. The lowest BCUT2D eigenvalue weighted by atomic mass is 9.98. The van der Waals surface area contributed by atoms with Gasteiger partial charge in [-0.25, -0.2) is 4.79 Å². The molecular formula is C49H62N2O15. The third-order valence-corrected chi connectivity index (χ3v) is 11.8. The predicted molar refractivity (Wildman–Crippen MR) is 238 cm³/mol. The van der Waals surface area contributed by atoms with E-state index in [0.29, 0.717) is 11.1 Å². The zero-order valence-electron chi connectivity index (χ0n) is 36.7. The zero-order chi connectivity index (χ0) is 46.3. The van der Waals surface area contributed by atoms with Crippen LogP contribution in [0.3, 0.4) is 0 Å². The Hall–Kier alpha value is -4.41. The molecule has 17 nitrogen and oxygen atoms in total. The molecule has 2 fully saturated rings. The number of aliphatic hydroxyl groups excluding tert-OH is 6. The summed E-state index contributed by atoms with van der Waals surface area (Å²) in [5.74, 6) is -0.0240. The Bertz CT molecular complexity index is 1930. The van der Waals surface area contributed by atoms with Gasteiger partial charge in [0.05, 0.1) is 65.1 Å². The van der Waals surface area contributed by atoms with Crippen LogP contribution < -0.4 is 5.32 Å². The minimum absolute atomic E-state index is 0.0240. The molecule has 4 aromatic carbocycles. The second-order valence-electron chi connectivity index (χ2n) is 16.5. The number of benzene rings is 4. The summed E-state index contributed by atoms with van der Waals surface area (Å²) >= 11 is 0. The van der Waals surface area contributed by atoms with Gasteiger partial charge in [-0.3, -0.25) is 4.90 Å². The molecular weight excluding hydrogens is 857 g/mol. The number of hydrogen-bond donors (Lipinski definition) is 7. The standard InChI is InChI=1S/C49H62N2O15/c52-39(43(56)45-41(54)30-62-47(65-45)32-11-3-1-4-12-32)27-51(28-40(53)44(57)46-42(55)31-63-48(66-46)33-13-5-2-6-14-33)20-22-60-24-26-61-25-23-59-21-19-50-49(58)64-29-38-36-17-9-7-15-34(36)35-16-8-10-18-37(35)38/h1-18,38-48,52-57H,19-31H2,(H,50,58)/t39?,40?,41-,42-,43?,44?,45-,46-,47?,48?/m1/s1. The second-order valence-corrected chi connectivity index (χ2v) is 16.5. The molecule has 17 heteroatoms. The highest BCUT2D eigenvalue weighted by atomic mass is 16.7. The van der Waals surface area contributed by atoms with Gasteiger partial charge >= 0.3 is 6.09 Å². The molecule has 2 saturated heterocycles. The van der Waals surface area contributed by atoms with Gasteiger partial charge in [-0.2, -0.15) is 0 Å². The molecule has 7 rings (SSSR count). The van der Waals surface area contributed by atoms with Crippen LogP contribution >= 0.6 is 0 Å². The van der Waals surface area contributed by atoms with E-state index >= 15 is 0 Å². The number of hydrogen-bond acceptors (Lipinski definition) is 16. The maximum atomic E-state index is 12.4. The van der Waals surface area contributed by atoms with Gasteiger partial charge < -0.3 is 73.9 Å². The van der Waals surface area contributed by atoms with E-state index in [0.717, 1.165) is 22.3 Å². The number of aliphatic hydroxyl groups is 6. The first-order valence-corrected chi connectivity index (χ1v) is 22.4. The highest BCUT2D eigenvalue weighted by molar-refractivity contribution is 5.79. The zero-order valence-corrected chi connectivity index (χ0v) is 36.7. The smallest absolute Gasteiger partial charge is 0.407 e. The van der Waals surface area contributed by atoms with E-state index in [1.165, 1.54) is 0 Å². The quantitative estimate of drug-likeness (QED) is 0.0501. The van der Waals surface area contributed by atoms with Crippen LogP contribution in [0, 0.1) is 0 Å². The molecule has 2 aliphatic heterocycles. The normalized spacial score (nSPS) is 23.7. The Balaban J connectivity index is 0.819. The van der Waals surface area contributed by atoms with Crippen LogP contribution in [0.5, 0.6) is 0 Å². The molecule has 10 atom stereocenters. The van der Waals surface area contributed by atoms with Crippen LogP contribution in [0.4, 0.5) is 4.79 Å². The van der Waals surface area contributed by atoms with Gasteiger partial charge in [0.1, 0.15) is 43.2 Å². The van der Waals surface area contributed by atoms with Crippen molar-refractivity contribution in [2.45, 2.75) is 67.3 Å². The number of ether oxygens (including phenoxy) is 8. The predicted octanol–water partition coefficient (Wildman–Crippen LogP) is 2.27. The molecule has 6 unspecified atom stereocenters. The summed E-state index contributed by atoms with van der Waals surface area (Å²) in [6, 6.07) is 34.3. The van der Waals surface area contributed by atoms with Crippen LogP contribution in [0.2, 0.25) is 0 Å². The lowest BCUT2D eigenvalue weighted by Crippen LogP contribution is -2.56. The van der Waals surface area contributed by atoms with E-state index < -0.39 is 67.5 Å². The van der Waals surface area contributed by atoms with E-state index in [4.69, 9.17) is 37.9 Å². The van der Waals surface area contributed by atoms with Crippen molar-refractivity contribution >= 4 is 6.09 Å². The molecule has 0 bridgehead atoms. The summed E-state index contributed by atoms with van der Waals surface area (Å²) in [4.78, 5) is 14.0. The minimum Gasteiger partial charge on any atom is -0.449 e. The first kappa shape index (κ1) is 49.5. The number of carbonyl (C=O) groups is 1. The highest BCUT2D eigenvalue weighted by Crippen LogP contribution is 2.44. The molecule has 3 aliphatic rings. The van der Waals surface area contributed by atoms with Gasteiger partial charge in [0, 0.05) is 43.2 Å². The third kappa shape index (κ3) is 13.4. The molecule has 66 heavy (non-hydrogen) atoms. The Morgan fingerprint density at radius 1 is 0.606 bits per heavy atom. The largest absolute Gasteiger partial charge is 0.449 e. The first-order valence-electron chi connectivity index (χ1n) is 22.4. The maximum absolute atomic E-state index is 12.4. The van der Waals surface area contributed by atoms with Crippen LogP contribution in [0.1, 0.15) is 40.8 Å². The van der Waals surface area contributed by atoms with Crippen molar-refractivity contribution in [2.75, 3.05) is 85.6 Å². The molecule has 0 aromatic heterocycles. The number of nitrogens with zero attached hydrogens (tertiary/aromatic N) is 1. The number of alkyl carbamates (subject to hydrolysis) is 1. The Morgan fingerprint density at radius 3 is 1.55 bits per heavy atom. The molecule has 1 aliphatic carbocycles. The molecule has 0 saturated carbocycles. The second kappa shape index (κ2) is 25.1. The SMILES string of the molecule is O=C(NCCOCCOCCOCCN(CC(O)C(O)[C@@H]1OC(c2ccccc2)OC[C@H]1O)CC(O)C(O)[C@@H]1OC(c2ccccc2)OC[C@H]1O)OCC1c2ccccc2-c2ccccc21. The molecule has 2 heterocycles. The van der Waals surface area contributed by atoms with Crippen LogP contribution in [0.25, 0.3) is 11.1 Å². The third-order valence-electron chi connectivity index (χ3n) is 11.8. The summed E-state index contributed by atoms with van der Waals surface area (Å²) < 4.78 is 45.7. The fraction of sp³-hybridized carbons (Fsp3) is 0.490. The summed E-state index contributed by atoms with van der Waals surface area (Å²) in [7, 11) is 0. The van der Waals surface area contributed by atoms with E-state index in [1.807, 2.05) is 36.4 Å². The molecule has 0 radical (unpaired) electrons. The van der Waals surface area contributed by atoms with Crippen molar-refractivity contribution in [3.63, 3.8) is 0 Å². The van der Waals surface area contributed by atoms with E-state index in [-0.39, 0.29) is 91.6 Å². The van der Waals surface area contributed by atoms with Gasteiger partial charge in [-0.1, -0.05) is 109 Å². The highest BCUT2D eigenvalue weighted by Gasteiger charge is 2.42. The van der Waals surface area contributed by atoms with Crippen molar-refractivity contribution in [3.8, 4) is 11.1 Å². The number of rotatable bonds is 24. The number of amides is 1. The summed E-state index contributed by atoms with van der Waals surface area (Å²) in [5, 5.41) is 69.2. The van der Waals surface area contributed by atoms with Crippen LogP contribution in [-0.4, -0.2) is 176 Å². The van der Waals surface area contributed by atoms with Crippen molar-refractivity contribution in [1.29, 1.82) is 0 Å². The van der Waals surface area contributed by atoms with Gasteiger partial charge in [0.15, 0.2) is 12.6 Å². The van der Waals surface area contributed by atoms with Gasteiger partial charge in [0.2, 0.25) is 0 Å². The topological polar surface area (TPSA) is 228 Å². The average molecular weight is 919 g/mol. The Kier molecular flexibility index (Phi) is 18.8. The lowest BCUT2D eigenvalue weighted by molar-refractivity contribution is -0.285. The number of nitrogens with one attached hydrogen (secondary N) is 1. The molecule has 1 amide bonds. The molecule has 4 aromatic rings. The number of carbonyl (C=O) groups excluding carboxylic acids is 1. The van der Waals surface area contributed by atoms with Crippen molar-refractivity contribution in [1.82, 2.24) is 10.2 Å². The summed E-state index contributed by atoms with van der Waals surface area (Å²) in [6.07, 6.45) is -13.2. The van der Waals surface area contributed by atoms with Gasteiger partial charge in [-0.05, 0) is 22.3 Å². The van der Waals surface area contributed by atoms with E-state index in [1.54, 1.807) is 53.4 Å². The Morgan fingerprint density at radius 2 is 1.05 bits per heavy atom. The number of fused-ring (bicyclic) bond motifs is 3. The van der Waals surface area contributed by atoms with E-state index in [2.05, 4.69) is 29.6 Å². The van der Waals surface area contributed by atoms with Gasteiger partial charge in [-0.15, -0.1) is 0 Å². The van der Waals surface area contributed by atoms with Gasteiger partial charge in [0.25, 0.3) is 0 Å². The maximum Gasteiger partial charge on any atom is 0.407 e. The van der Waals surface area contributed by atoms with Crippen LogP contribution in [0.15, 0.2) is 109 Å². The molecule has 358 valence electrons. The Labute approximate surface area is 384 Å². The first-order chi connectivity index (χ1) is 32.2. The van der Waals surface area contributed by atoms with Crippen molar-refractivity contribution < 1.29 is 73.3 Å². The minimum atomic E-state index is -1.56. The lowest BCUT2D eigenvalue weighted by Gasteiger charge is -2.40. The van der Waals surface area contributed by atoms with Crippen molar-refractivity contribution in [3.05, 3.63) is 131 Å². The molecule has 7 N–H and O–H groups in total. The fourth-order valence-electron chi connectivity index (χ4n) is 8.34. The fourth-order valence-corrected chi connectivity index (χ4v) is 8.34. The van der Waals surface area contributed by atoms with Crippen LogP contribution in [-0.2, 0) is 37.9 Å². The summed E-state index contributed by atoms with van der Waals surface area (Å²) in [5.41, 5.74) is 5.96. The summed E-state index contributed by atoms with van der Waals surface area (Å²) in [6.45, 7) is 1.33. The van der Waals surface area contributed by atoms with E-state index in [9.17, 15) is 35.4 Å². The van der Waals surface area contributed by atoms with Crippen molar-refractivity contribution in [2.24, 2.45) is 0 Å². The monoisotopic (exact) mass is 918 g/mol. The molecule has 0 spiro atoms.